The largest absolute Gasteiger partial charge is 0.339 e. The summed E-state index contributed by atoms with van der Waals surface area (Å²) in [6.45, 7) is 2.98. The van der Waals surface area contributed by atoms with Crippen LogP contribution in [-0.4, -0.2) is 51.2 Å². The van der Waals surface area contributed by atoms with Crippen LogP contribution in [-0.2, 0) is 16.1 Å². The van der Waals surface area contributed by atoms with E-state index in [0.29, 0.717) is 42.3 Å². The predicted molar refractivity (Wildman–Crippen MR) is 85.5 cm³/mol. The summed E-state index contributed by atoms with van der Waals surface area (Å²) in [7, 11) is 1.74. The van der Waals surface area contributed by atoms with Crippen molar-refractivity contribution in [2.75, 3.05) is 13.6 Å². The Labute approximate surface area is 140 Å². The summed E-state index contributed by atoms with van der Waals surface area (Å²) in [6.07, 6.45) is 5.43. The van der Waals surface area contributed by atoms with Crippen LogP contribution in [0.2, 0.25) is 5.15 Å². The Hall–Kier alpha value is -1.69. The van der Waals surface area contributed by atoms with E-state index in [1.165, 1.54) is 6.20 Å². The van der Waals surface area contributed by atoms with Gasteiger partial charge in [-0.05, 0) is 18.8 Å². The molecule has 2 saturated heterocycles. The molecule has 0 bridgehead atoms. The molecule has 6 nitrogen and oxygen atoms in total. The lowest BCUT2D eigenvalue weighted by Gasteiger charge is -2.37. The van der Waals surface area contributed by atoms with E-state index in [1.807, 2.05) is 4.90 Å². The highest BCUT2D eigenvalue weighted by molar-refractivity contribution is 6.29. The molecule has 3 heterocycles. The number of piperidine rings is 1. The zero-order valence-electron chi connectivity index (χ0n) is 13.4. The molecule has 0 aliphatic carbocycles. The number of carbonyl (C=O) groups is 2. The van der Waals surface area contributed by atoms with Crippen molar-refractivity contribution in [3.05, 3.63) is 23.2 Å². The second-order valence-corrected chi connectivity index (χ2v) is 6.92. The quantitative estimate of drug-likeness (QED) is 0.843. The molecule has 2 aliphatic heterocycles. The number of nitrogens with zero attached hydrogens (tertiary/aromatic N) is 4. The maximum Gasteiger partial charge on any atom is 0.227 e. The number of rotatable bonds is 3. The van der Waals surface area contributed by atoms with Gasteiger partial charge in [0.25, 0.3) is 0 Å². The first-order valence-corrected chi connectivity index (χ1v) is 8.35. The lowest BCUT2D eigenvalue weighted by atomic mass is 9.88. The standard InChI is InChI=1S/C16H21ClN4O2/c1-10-7-14(22)21-8-11(3-4-13(10)21)16(23)20(2)9-12-15(17)19-6-5-18-12/h5-6,10-11,13H,3-4,7-9H2,1-2H3. The molecule has 1 aromatic heterocycles. The van der Waals surface area contributed by atoms with Gasteiger partial charge in [-0.2, -0.15) is 0 Å². The van der Waals surface area contributed by atoms with E-state index >= 15 is 0 Å². The lowest BCUT2D eigenvalue weighted by Crippen LogP contribution is -2.47. The Morgan fingerprint density at radius 3 is 2.87 bits per heavy atom. The van der Waals surface area contributed by atoms with Crippen LogP contribution >= 0.6 is 11.6 Å². The van der Waals surface area contributed by atoms with Gasteiger partial charge in [-0.3, -0.25) is 14.6 Å². The van der Waals surface area contributed by atoms with Crippen LogP contribution in [0.3, 0.4) is 0 Å². The predicted octanol–water partition coefficient (Wildman–Crippen LogP) is 1.74. The second-order valence-electron chi connectivity index (χ2n) is 6.56. The summed E-state index contributed by atoms with van der Waals surface area (Å²) in [5, 5.41) is 0.319. The van der Waals surface area contributed by atoms with Crippen molar-refractivity contribution in [3.63, 3.8) is 0 Å². The van der Waals surface area contributed by atoms with Crippen LogP contribution in [0.4, 0.5) is 0 Å². The van der Waals surface area contributed by atoms with Crippen molar-refractivity contribution in [1.29, 1.82) is 0 Å². The summed E-state index contributed by atoms with van der Waals surface area (Å²) >= 11 is 6.00. The van der Waals surface area contributed by atoms with Gasteiger partial charge in [-0.25, -0.2) is 4.98 Å². The molecule has 3 rings (SSSR count). The summed E-state index contributed by atoms with van der Waals surface area (Å²) in [5.74, 6) is 0.479. The number of fused-ring (bicyclic) bond motifs is 1. The van der Waals surface area contributed by atoms with Crippen LogP contribution in [0.25, 0.3) is 0 Å². The van der Waals surface area contributed by atoms with Crippen molar-refractivity contribution >= 4 is 23.4 Å². The smallest absolute Gasteiger partial charge is 0.227 e. The van der Waals surface area contributed by atoms with E-state index in [0.717, 1.165) is 12.8 Å². The van der Waals surface area contributed by atoms with E-state index in [2.05, 4.69) is 16.9 Å². The third kappa shape index (κ3) is 3.17. The molecule has 1 aromatic rings. The summed E-state index contributed by atoms with van der Waals surface area (Å²) < 4.78 is 0. The van der Waals surface area contributed by atoms with Crippen LogP contribution in [0.5, 0.6) is 0 Å². The molecule has 23 heavy (non-hydrogen) atoms. The van der Waals surface area contributed by atoms with Crippen LogP contribution in [0.1, 0.15) is 31.9 Å². The van der Waals surface area contributed by atoms with E-state index < -0.39 is 0 Å². The maximum atomic E-state index is 12.7. The van der Waals surface area contributed by atoms with Crippen LogP contribution in [0, 0.1) is 11.8 Å². The Morgan fingerprint density at radius 2 is 2.13 bits per heavy atom. The fraction of sp³-hybridized carbons (Fsp3) is 0.625. The van der Waals surface area contributed by atoms with Gasteiger partial charge in [-0.1, -0.05) is 18.5 Å². The molecule has 0 spiro atoms. The lowest BCUT2D eigenvalue weighted by molar-refractivity contribution is -0.140. The summed E-state index contributed by atoms with van der Waals surface area (Å²) in [5.41, 5.74) is 0.588. The molecule has 3 atom stereocenters. The molecular formula is C16H21ClN4O2. The second kappa shape index (κ2) is 6.43. The molecule has 0 N–H and O–H groups in total. The molecule has 124 valence electrons. The fourth-order valence-corrected chi connectivity index (χ4v) is 3.84. The van der Waals surface area contributed by atoms with Gasteiger partial charge >= 0.3 is 0 Å². The number of hydrogen-bond donors (Lipinski definition) is 0. The van der Waals surface area contributed by atoms with Gasteiger partial charge in [0.05, 0.1) is 18.2 Å². The van der Waals surface area contributed by atoms with Crippen LogP contribution in [0.15, 0.2) is 12.4 Å². The summed E-state index contributed by atoms with van der Waals surface area (Å²) in [4.78, 5) is 36.4. The Balaban J connectivity index is 1.64. The monoisotopic (exact) mass is 336 g/mol. The van der Waals surface area contributed by atoms with Crippen molar-refractivity contribution in [1.82, 2.24) is 19.8 Å². The van der Waals surface area contributed by atoms with Gasteiger partial charge in [0.2, 0.25) is 11.8 Å². The van der Waals surface area contributed by atoms with E-state index in [9.17, 15) is 9.59 Å². The van der Waals surface area contributed by atoms with Crippen LogP contribution < -0.4 is 0 Å². The highest BCUT2D eigenvalue weighted by Gasteiger charge is 2.42. The normalized spacial score (nSPS) is 27.0. The maximum absolute atomic E-state index is 12.7. The first-order valence-electron chi connectivity index (χ1n) is 7.97. The number of amides is 2. The van der Waals surface area contributed by atoms with Crippen molar-refractivity contribution in [2.45, 2.75) is 38.8 Å². The highest BCUT2D eigenvalue weighted by Crippen LogP contribution is 2.35. The highest BCUT2D eigenvalue weighted by atomic mass is 35.5. The molecular weight excluding hydrogens is 316 g/mol. The molecule has 2 amide bonds. The Bertz CT molecular complexity index is 624. The van der Waals surface area contributed by atoms with E-state index in [1.54, 1.807) is 18.1 Å². The zero-order valence-corrected chi connectivity index (χ0v) is 14.2. The third-order valence-electron chi connectivity index (χ3n) is 4.94. The molecule has 7 heteroatoms. The SMILES string of the molecule is CC1CC(=O)N2CC(C(=O)N(C)Cc3nccnc3Cl)CCC12. The number of halogens is 1. The van der Waals surface area contributed by atoms with E-state index in [4.69, 9.17) is 11.6 Å². The molecule has 2 aliphatic rings. The van der Waals surface area contributed by atoms with Crippen molar-refractivity contribution in [3.8, 4) is 0 Å². The zero-order chi connectivity index (χ0) is 16.6. The minimum atomic E-state index is -0.138. The van der Waals surface area contributed by atoms with Gasteiger partial charge in [0.15, 0.2) is 5.15 Å². The molecule has 2 fully saturated rings. The first kappa shape index (κ1) is 16.2. The minimum Gasteiger partial charge on any atom is -0.339 e. The van der Waals surface area contributed by atoms with Gasteiger partial charge in [0.1, 0.15) is 0 Å². The molecule has 0 aromatic carbocycles. The molecule has 3 unspecified atom stereocenters. The number of aromatic nitrogens is 2. The molecule has 0 saturated carbocycles. The average molecular weight is 337 g/mol. The topological polar surface area (TPSA) is 66.4 Å². The average Bonchev–Trinajstić information content (AvgIpc) is 2.83. The van der Waals surface area contributed by atoms with Gasteiger partial charge in [0, 0.05) is 38.4 Å². The van der Waals surface area contributed by atoms with Crippen molar-refractivity contribution < 1.29 is 9.59 Å². The Morgan fingerprint density at radius 1 is 1.39 bits per heavy atom. The van der Waals surface area contributed by atoms with E-state index in [-0.39, 0.29) is 17.7 Å². The third-order valence-corrected chi connectivity index (χ3v) is 5.25. The van der Waals surface area contributed by atoms with Gasteiger partial charge < -0.3 is 9.80 Å². The minimum absolute atomic E-state index is 0.0394. The fourth-order valence-electron chi connectivity index (χ4n) is 3.67. The van der Waals surface area contributed by atoms with Gasteiger partial charge in [-0.15, -0.1) is 0 Å². The first-order chi connectivity index (χ1) is 11.0. The number of hydrogen-bond acceptors (Lipinski definition) is 4. The Kier molecular flexibility index (Phi) is 4.53. The molecule has 0 radical (unpaired) electrons. The summed E-state index contributed by atoms with van der Waals surface area (Å²) in [6, 6.07) is 0.311. The number of carbonyl (C=O) groups excluding carboxylic acids is 2. The van der Waals surface area contributed by atoms with Crippen molar-refractivity contribution in [2.24, 2.45) is 11.8 Å².